The molecule has 0 aliphatic rings. The normalized spacial score (nSPS) is 11.4. The Kier molecular flexibility index (Phi) is 6.44. The second-order valence-corrected chi connectivity index (χ2v) is 6.50. The standard InChI is InChI=1S/C13H19NO6S/c1-14(21(17,18)10-7-13(15)16)8-9-20-12-5-3-11(19-2)4-6-12/h3-6H,7-10H2,1-2H3,(H,15,16). The van der Waals surface area contributed by atoms with Crippen molar-refractivity contribution in [1.82, 2.24) is 4.31 Å². The summed E-state index contributed by atoms with van der Waals surface area (Å²) >= 11 is 0. The van der Waals surface area contributed by atoms with Crippen LogP contribution in [0.3, 0.4) is 0 Å². The summed E-state index contributed by atoms with van der Waals surface area (Å²) in [5, 5.41) is 8.51. The van der Waals surface area contributed by atoms with Gasteiger partial charge in [-0.15, -0.1) is 0 Å². The molecule has 0 aromatic heterocycles. The molecular formula is C13H19NO6S. The zero-order chi connectivity index (χ0) is 15.9. The lowest BCUT2D eigenvalue weighted by atomic mass is 10.3. The Hall–Kier alpha value is -1.80. The van der Waals surface area contributed by atoms with Crippen LogP contribution in [0.25, 0.3) is 0 Å². The Balaban J connectivity index is 2.41. The molecule has 0 fully saturated rings. The lowest BCUT2D eigenvalue weighted by molar-refractivity contribution is -0.136. The highest BCUT2D eigenvalue weighted by atomic mass is 32.2. The quantitative estimate of drug-likeness (QED) is 0.724. The second kappa shape index (κ2) is 7.84. The SMILES string of the molecule is COc1ccc(OCCN(C)S(=O)(=O)CCC(=O)O)cc1. The van der Waals surface area contributed by atoms with Crippen molar-refractivity contribution in [3.8, 4) is 11.5 Å². The van der Waals surface area contributed by atoms with E-state index in [9.17, 15) is 13.2 Å². The molecule has 0 atom stereocenters. The number of hydrogen-bond acceptors (Lipinski definition) is 5. The molecule has 1 aromatic carbocycles. The van der Waals surface area contributed by atoms with Gasteiger partial charge in [-0.25, -0.2) is 12.7 Å². The Morgan fingerprint density at radius 1 is 1.24 bits per heavy atom. The average Bonchev–Trinajstić information content (AvgIpc) is 2.46. The van der Waals surface area contributed by atoms with Crippen LogP contribution in [0.2, 0.25) is 0 Å². The minimum atomic E-state index is -3.57. The van der Waals surface area contributed by atoms with Crippen LogP contribution in [0.1, 0.15) is 6.42 Å². The van der Waals surface area contributed by atoms with Gasteiger partial charge in [0.25, 0.3) is 0 Å². The van der Waals surface area contributed by atoms with Crippen molar-refractivity contribution in [3.63, 3.8) is 0 Å². The van der Waals surface area contributed by atoms with Gasteiger partial charge >= 0.3 is 5.97 Å². The molecule has 0 aliphatic carbocycles. The molecule has 1 aromatic rings. The molecule has 1 N–H and O–H groups in total. The Bertz CT molecular complexity index is 555. The molecule has 0 aliphatic heterocycles. The number of hydrogen-bond donors (Lipinski definition) is 1. The van der Waals surface area contributed by atoms with E-state index < -0.39 is 28.2 Å². The summed E-state index contributed by atoms with van der Waals surface area (Å²) in [7, 11) is -0.608. The van der Waals surface area contributed by atoms with Crippen molar-refractivity contribution >= 4 is 16.0 Å². The summed E-state index contributed by atoms with van der Waals surface area (Å²) in [5.41, 5.74) is 0. The highest BCUT2D eigenvalue weighted by Crippen LogP contribution is 2.16. The number of carboxylic acids is 1. The van der Waals surface area contributed by atoms with E-state index in [2.05, 4.69) is 0 Å². The molecule has 0 spiro atoms. The molecule has 8 heteroatoms. The monoisotopic (exact) mass is 317 g/mol. The number of likely N-dealkylation sites (N-methyl/N-ethyl adjacent to an activating group) is 1. The number of rotatable bonds is 9. The van der Waals surface area contributed by atoms with Gasteiger partial charge in [0, 0.05) is 13.6 Å². The van der Waals surface area contributed by atoms with Crippen LogP contribution in [-0.4, -0.2) is 56.9 Å². The van der Waals surface area contributed by atoms with Gasteiger partial charge in [-0.2, -0.15) is 0 Å². The van der Waals surface area contributed by atoms with Crippen molar-refractivity contribution in [2.24, 2.45) is 0 Å². The largest absolute Gasteiger partial charge is 0.497 e. The van der Waals surface area contributed by atoms with Crippen molar-refractivity contribution in [2.75, 3.05) is 33.1 Å². The topological polar surface area (TPSA) is 93.1 Å². The first-order chi connectivity index (χ1) is 9.85. The fourth-order valence-electron chi connectivity index (χ4n) is 1.48. The summed E-state index contributed by atoms with van der Waals surface area (Å²) in [5.74, 6) is -0.245. The van der Waals surface area contributed by atoms with Crippen molar-refractivity contribution in [2.45, 2.75) is 6.42 Å². The first kappa shape index (κ1) is 17.3. The van der Waals surface area contributed by atoms with E-state index in [0.717, 1.165) is 4.31 Å². The number of sulfonamides is 1. The van der Waals surface area contributed by atoms with E-state index in [-0.39, 0.29) is 13.2 Å². The lowest BCUT2D eigenvalue weighted by Crippen LogP contribution is -2.33. The van der Waals surface area contributed by atoms with Crippen molar-refractivity contribution in [1.29, 1.82) is 0 Å². The average molecular weight is 317 g/mol. The molecule has 7 nitrogen and oxygen atoms in total. The third-order valence-corrected chi connectivity index (χ3v) is 4.64. The molecule has 0 radical (unpaired) electrons. The lowest BCUT2D eigenvalue weighted by Gasteiger charge is -2.17. The van der Waals surface area contributed by atoms with Crippen LogP contribution in [0.4, 0.5) is 0 Å². The predicted octanol–water partition coefficient (Wildman–Crippen LogP) is 0.810. The smallest absolute Gasteiger partial charge is 0.304 e. The van der Waals surface area contributed by atoms with E-state index in [1.807, 2.05) is 0 Å². The summed E-state index contributed by atoms with van der Waals surface area (Å²) in [6.45, 7) is 0.323. The zero-order valence-electron chi connectivity index (χ0n) is 12.0. The number of methoxy groups -OCH3 is 1. The Morgan fingerprint density at radius 3 is 2.33 bits per heavy atom. The molecule has 0 heterocycles. The number of nitrogens with zero attached hydrogens (tertiary/aromatic N) is 1. The maximum absolute atomic E-state index is 11.8. The minimum Gasteiger partial charge on any atom is -0.497 e. The molecule has 0 amide bonds. The third-order valence-electron chi connectivity index (χ3n) is 2.78. The van der Waals surface area contributed by atoms with Gasteiger partial charge in [-0.05, 0) is 24.3 Å². The maximum atomic E-state index is 11.8. The van der Waals surface area contributed by atoms with Gasteiger partial charge in [0.2, 0.25) is 10.0 Å². The first-order valence-electron chi connectivity index (χ1n) is 6.28. The maximum Gasteiger partial charge on any atom is 0.304 e. The van der Waals surface area contributed by atoms with Crippen molar-refractivity contribution < 1.29 is 27.8 Å². The molecular weight excluding hydrogens is 298 g/mol. The van der Waals surface area contributed by atoms with Crippen LogP contribution in [-0.2, 0) is 14.8 Å². The van der Waals surface area contributed by atoms with Gasteiger partial charge in [0.15, 0.2) is 0 Å². The number of aliphatic carboxylic acids is 1. The molecule has 0 unspecified atom stereocenters. The molecule has 21 heavy (non-hydrogen) atoms. The van der Waals surface area contributed by atoms with E-state index in [1.54, 1.807) is 31.4 Å². The number of benzene rings is 1. The summed E-state index contributed by atoms with van der Waals surface area (Å²) < 4.78 is 35.0. The van der Waals surface area contributed by atoms with Crippen LogP contribution >= 0.6 is 0 Å². The Morgan fingerprint density at radius 2 is 1.81 bits per heavy atom. The number of carbonyl (C=O) groups is 1. The molecule has 0 bridgehead atoms. The summed E-state index contributed by atoms with van der Waals surface area (Å²) in [6, 6.07) is 6.92. The number of ether oxygens (including phenoxy) is 2. The third kappa shape index (κ3) is 6.01. The molecule has 0 saturated carbocycles. The van der Waals surface area contributed by atoms with Gasteiger partial charge in [0.1, 0.15) is 18.1 Å². The summed E-state index contributed by atoms with van der Waals surface area (Å²) in [6.07, 6.45) is -0.411. The van der Waals surface area contributed by atoms with Gasteiger partial charge in [0.05, 0.1) is 19.3 Å². The van der Waals surface area contributed by atoms with Gasteiger partial charge in [-0.1, -0.05) is 0 Å². The summed E-state index contributed by atoms with van der Waals surface area (Å²) in [4.78, 5) is 10.4. The highest BCUT2D eigenvalue weighted by Gasteiger charge is 2.18. The zero-order valence-corrected chi connectivity index (χ0v) is 12.8. The van der Waals surface area contributed by atoms with Gasteiger partial charge in [-0.3, -0.25) is 4.79 Å². The van der Waals surface area contributed by atoms with E-state index in [1.165, 1.54) is 7.05 Å². The van der Waals surface area contributed by atoms with Gasteiger partial charge < -0.3 is 14.6 Å². The van der Waals surface area contributed by atoms with Crippen LogP contribution < -0.4 is 9.47 Å². The highest BCUT2D eigenvalue weighted by molar-refractivity contribution is 7.89. The van der Waals surface area contributed by atoms with E-state index in [4.69, 9.17) is 14.6 Å². The van der Waals surface area contributed by atoms with Crippen LogP contribution in [0.5, 0.6) is 11.5 Å². The second-order valence-electron chi connectivity index (χ2n) is 4.31. The fourth-order valence-corrected chi connectivity index (χ4v) is 2.57. The molecule has 0 saturated heterocycles. The van der Waals surface area contributed by atoms with Crippen molar-refractivity contribution in [3.05, 3.63) is 24.3 Å². The van der Waals surface area contributed by atoms with E-state index in [0.29, 0.717) is 11.5 Å². The van der Waals surface area contributed by atoms with E-state index >= 15 is 0 Å². The number of carboxylic acid groups (broad SMARTS) is 1. The van der Waals surface area contributed by atoms with Crippen LogP contribution in [0, 0.1) is 0 Å². The fraction of sp³-hybridized carbons (Fsp3) is 0.462. The predicted molar refractivity (Wildman–Crippen MR) is 77.2 cm³/mol. The minimum absolute atomic E-state index is 0.147. The molecule has 118 valence electrons. The first-order valence-corrected chi connectivity index (χ1v) is 7.89. The Labute approximate surface area is 124 Å². The van der Waals surface area contributed by atoms with Crippen LogP contribution in [0.15, 0.2) is 24.3 Å². The molecule has 1 rings (SSSR count).